The summed E-state index contributed by atoms with van der Waals surface area (Å²) in [7, 11) is 1.66. The quantitative estimate of drug-likeness (QED) is 0.638. The first kappa shape index (κ1) is 14.3. The molecule has 1 saturated heterocycles. The maximum absolute atomic E-state index is 12.5. The molecule has 0 saturated carbocycles. The highest BCUT2D eigenvalue weighted by Gasteiger charge is 2.30. The number of aliphatic hydroxyl groups excluding tert-OH is 1. The van der Waals surface area contributed by atoms with Crippen molar-refractivity contribution in [2.45, 2.75) is 18.9 Å². The van der Waals surface area contributed by atoms with Crippen LogP contribution >= 0.6 is 0 Å². The van der Waals surface area contributed by atoms with E-state index < -0.39 is 4.92 Å². The zero-order valence-electron chi connectivity index (χ0n) is 11.2. The fourth-order valence-corrected chi connectivity index (χ4v) is 2.49. The zero-order valence-corrected chi connectivity index (χ0v) is 11.2. The van der Waals surface area contributed by atoms with Crippen LogP contribution in [0.5, 0.6) is 0 Å². The number of non-ortho nitro benzene ring substituents is 1. The van der Waals surface area contributed by atoms with Crippen LogP contribution in [0, 0.1) is 10.1 Å². The van der Waals surface area contributed by atoms with Crippen LogP contribution in [0.1, 0.15) is 23.2 Å². The normalized spacial score (nSPS) is 18.1. The van der Waals surface area contributed by atoms with Crippen LogP contribution in [-0.2, 0) is 0 Å². The summed E-state index contributed by atoms with van der Waals surface area (Å²) in [5, 5.41) is 23.0. The fraction of sp³-hybridized carbons (Fsp3) is 0.462. The molecule has 0 aromatic heterocycles. The van der Waals surface area contributed by atoms with E-state index in [9.17, 15) is 20.0 Å². The molecule has 7 heteroatoms. The molecule has 2 rings (SSSR count). The minimum Gasteiger partial charge on any atom is -0.394 e. The Morgan fingerprint density at radius 1 is 1.60 bits per heavy atom. The molecule has 0 unspecified atom stereocenters. The van der Waals surface area contributed by atoms with Gasteiger partial charge in [0.15, 0.2) is 0 Å². The number of nitro benzene ring substituents is 1. The number of carbonyl (C=O) groups excluding carboxylic acids is 1. The monoisotopic (exact) mass is 279 g/mol. The Kier molecular flexibility index (Phi) is 4.19. The second-order valence-corrected chi connectivity index (χ2v) is 4.71. The van der Waals surface area contributed by atoms with E-state index in [2.05, 4.69) is 5.32 Å². The molecule has 7 nitrogen and oxygen atoms in total. The van der Waals surface area contributed by atoms with E-state index in [1.165, 1.54) is 18.2 Å². The van der Waals surface area contributed by atoms with Crippen molar-refractivity contribution < 1.29 is 14.8 Å². The number of hydrogen-bond donors (Lipinski definition) is 2. The summed E-state index contributed by atoms with van der Waals surface area (Å²) in [6, 6.07) is 3.96. The maximum Gasteiger partial charge on any atom is 0.270 e. The third-order valence-electron chi connectivity index (χ3n) is 3.56. The number of anilines is 1. The molecule has 20 heavy (non-hydrogen) atoms. The van der Waals surface area contributed by atoms with Crippen LogP contribution in [0.25, 0.3) is 0 Å². The van der Waals surface area contributed by atoms with E-state index in [0.717, 1.165) is 12.8 Å². The van der Waals surface area contributed by atoms with Crippen LogP contribution in [0.4, 0.5) is 11.4 Å². The highest BCUT2D eigenvalue weighted by atomic mass is 16.6. The van der Waals surface area contributed by atoms with Crippen molar-refractivity contribution in [1.29, 1.82) is 0 Å². The predicted molar refractivity (Wildman–Crippen MR) is 73.8 cm³/mol. The molecule has 1 aliphatic rings. The number of benzene rings is 1. The van der Waals surface area contributed by atoms with Crippen molar-refractivity contribution in [3.63, 3.8) is 0 Å². The minimum absolute atomic E-state index is 0.0877. The number of rotatable bonds is 4. The van der Waals surface area contributed by atoms with Crippen molar-refractivity contribution in [1.82, 2.24) is 4.90 Å². The lowest BCUT2D eigenvalue weighted by molar-refractivity contribution is -0.384. The summed E-state index contributed by atoms with van der Waals surface area (Å²) in [4.78, 5) is 24.4. The molecule has 108 valence electrons. The maximum atomic E-state index is 12.5. The molecule has 0 aliphatic carbocycles. The van der Waals surface area contributed by atoms with Crippen molar-refractivity contribution >= 4 is 17.3 Å². The topological polar surface area (TPSA) is 95.7 Å². The van der Waals surface area contributed by atoms with Gasteiger partial charge in [-0.3, -0.25) is 14.9 Å². The SMILES string of the molecule is CNc1ccc([N+](=O)[O-])cc1C(=O)N1CCC[C@H]1CO. The van der Waals surface area contributed by atoms with Gasteiger partial charge in [-0.1, -0.05) is 0 Å². The van der Waals surface area contributed by atoms with Crippen LogP contribution in [0.3, 0.4) is 0 Å². The van der Waals surface area contributed by atoms with Gasteiger partial charge >= 0.3 is 0 Å². The van der Waals surface area contributed by atoms with Gasteiger partial charge in [-0.05, 0) is 18.9 Å². The lowest BCUT2D eigenvalue weighted by atomic mass is 10.1. The minimum atomic E-state index is -0.524. The average molecular weight is 279 g/mol. The Bertz CT molecular complexity index is 532. The molecule has 1 aliphatic heterocycles. The number of nitrogens with one attached hydrogen (secondary N) is 1. The van der Waals surface area contributed by atoms with Crippen molar-refractivity contribution in [3.05, 3.63) is 33.9 Å². The summed E-state index contributed by atoms with van der Waals surface area (Å²) in [6.07, 6.45) is 1.59. The van der Waals surface area contributed by atoms with Gasteiger partial charge in [0.05, 0.1) is 23.1 Å². The predicted octanol–water partition coefficient (Wildman–Crippen LogP) is 1.23. The standard InChI is InChI=1S/C13H17N3O4/c1-14-12-5-4-9(16(19)20)7-11(12)13(18)15-6-2-3-10(15)8-17/h4-5,7,10,14,17H,2-3,6,8H2,1H3/t10-/m0/s1. The average Bonchev–Trinajstić information content (AvgIpc) is 2.94. The Hall–Kier alpha value is -2.15. The summed E-state index contributed by atoms with van der Waals surface area (Å²) < 4.78 is 0. The largest absolute Gasteiger partial charge is 0.394 e. The number of hydrogen-bond acceptors (Lipinski definition) is 5. The second-order valence-electron chi connectivity index (χ2n) is 4.71. The molecule has 0 radical (unpaired) electrons. The van der Waals surface area contributed by atoms with Gasteiger partial charge in [0.1, 0.15) is 0 Å². The third-order valence-corrected chi connectivity index (χ3v) is 3.56. The molecule has 1 aromatic rings. The highest BCUT2D eigenvalue weighted by molar-refractivity contribution is 6.00. The Morgan fingerprint density at radius 2 is 2.35 bits per heavy atom. The highest BCUT2D eigenvalue weighted by Crippen LogP contribution is 2.26. The first-order valence-corrected chi connectivity index (χ1v) is 6.46. The molecular formula is C13H17N3O4. The van der Waals surface area contributed by atoms with Gasteiger partial charge in [-0.15, -0.1) is 0 Å². The number of nitro groups is 1. The summed E-state index contributed by atoms with van der Waals surface area (Å²) in [5.74, 6) is -0.283. The number of amides is 1. The molecule has 2 N–H and O–H groups in total. The van der Waals surface area contributed by atoms with Crippen LogP contribution in [0.2, 0.25) is 0 Å². The fourth-order valence-electron chi connectivity index (χ4n) is 2.49. The number of likely N-dealkylation sites (tertiary alicyclic amines) is 1. The Morgan fingerprint density at radius 3 is 2.95 bits per heavy atom. The number of aliphatic hydroxyl groups is 1. The molecule has 0 spiro atoms. The van der Waals surface area contributed by atoms with E-state index in [4.69, 9.17) is 0 Å². The summed E-state index contributed by atoms with van der Waals surface area (Å²) >= 11 is 0. The molecule has 1 atom stereocenters. The van der Waals surface area contributed by atoms with E-state index in [1.54, 1.807) is 11.9 Å². The summed E-state index contributed by atoms with van der Waals surface area (Å²) in [6.45, 7) is 0.478. The number of nitrogens with zero attached hydrogens (tertiary/aromatic N) is 2. The smallest absolute Gasteiger partial charge is 0.270 e. The van der Waals surface area contributed by atoms with E-state index in [0.29, 0.717) is 12.2 Å². The Balaban J connectivity index is 2.37. The molecule has 1 amide bonds. The van der Waals surface area contributed by atoms with Crippen molar-refractivity contribution in [2.24, 2.45) is 0 Å². The van der Waals surface area contributed by atoms with Gasteiger partial charge in [-0.2, -0.15) is 0 Å². The first-order valence-electron chi connectivity index (χ1n) is 6.46. The van der Waals surface area contributed by atoms with Crippen LogP contribution in [-0.4, -0.2) is 47.1 Å². The van der Waals surface area contributed by atoms with Gasteiger partial charge < -0.3 is 15.3 Å². The van der Waals surface area contributed by atoms with Gasteiger partial charge in [0.2, 0.25) is 0 Å². The van der Waals surface area contributed by atoms with Gasteiger partial charge in [0.25, 0.3) is 11.6 Å². The Labute approximate surface area is 116 Å². The lowest BCUT2D eigenvalue weighted by Gasteiger charge is -2.24. The van der Waals surface area contributed by atoms with Crippen molar-refractivity contribution in [3.8, 4) is 0 Å². The zero-order chi connectivity index (χ0) is 14.7. The first-order chi connectivity index (χ1) is 9.58. The lowest BCUT2D eigenvalue weighted by Crippen LogP contribution is -2.37. The van der Waals surface area contributed by atoms with Gasteiger partial charge in [-0.25, -0.2) is 0 Å². The molecule has 1 heterocycles. The molecule has 1 fully saturated rings. The van der Waals surface area contributed by atoms with Gasteiger partial charge in [0, 0.05) is 31.4 Å². The summed E-state index contributed by atoms with van der Waals surface area (Å²) in [5.41, 5.74) is 0.693. The molecular weight excluding hydrogens is 262 g/mol. The molecule has 1 aromatic carbocycles. The number of carbonyl (C=O) groups is 1. The second kappa shape index (κ2) is 5.87. The van der Waals surface area contributed by atoms with E-state index in [-0.39, 0.29) is 29.8 Å². The van der Waals surface area contributed by atoms with E-state index in [1.807, 2.05) is 0 Å². The van der Waals surface area contributed by atoms with Crippen molar-refractivity contribution in [2.75, 3.05) is 25.5 Å². The van der Waals surface area contributed by atoms with E-state index >= 15 is 0 Å². The van der Waals surface area contributed by atoms with Crippen LogP contribution in [0.15, 0.2) is 18.2 Å². The molecule has 0 bridgehead atoms. The van der Waals surface area contributed by atoms with Crippen LogP contribution < -0.4 is 5.32 Å². The third kappa shape index (κ3) is 2.57.